The average Bonchev–Trinajstić information content (AvgIpc) is 3.32. The number of nitrogens with one attached hydrogen (secondary N) is 1. The predicted octanol–water partition coefficient (Wildman–Crippen LogP) is 3.06. The van der Waals surface area contributed by atoms with Crippen molar-refractivity contribution in [3.63, 3.8) is 0 Å². The standard InChI is InChI=1S/C18H19N3O3S/c1-23-15-6-5-13(12-16(15)24-2)18(22)19-8-10-21-9-7-14(20-21)17-4-3-11-25-17/h3-7,9,11-12H,8,10H2,1-2H3,(H,19,22). The molecule has 0 fully saturated rings. The number of hydrogen-bond donors (Lipinski definition) is 1. The van der Waals surface area contributed by atoms with Crippen LogP contribution in [0.1, 0.15) is 10.4 Å². The highest BCUT2D eigenvalue weighted by Crippen LogP contribution is 2.27. The number of ether oxygens (including phenoxy) is 2. The maximum atomic E-state index is 12.3. The minimum absolute atomic E-state index is 0.161. The van der Waals surface area contributed by atoms with Crippen LogP contribution in [0.15, 0.2) is 48.0 Å². The molecule has 7 heteroatoms. The molecule has 2 heterocycles. The molecule has 0 radical (unpaired) electrons. The summed E-state index contributed by atoms with van der Waals surface area (Å²) in [6.45, 7) is 1.09. The van der Waals surface area contributed by atoms with Crippen LogP contribution in [0.25, 0.3) is 10.6 Å². The van der Waals surface area contributed by atoms with E-state index in [4.69, 9.17) is 9.47 Å². The fraction of sp³-hybridized carbons (Fsp3) is 0.222. The molecule has 25 heavy (non-hydrogen) atoms. The van der Waals surface area contributed by atoms with Crippen molar-refractivity contribution in [3.05, 3.63) is 53.5 Å². The van der Waals surface area contributed by atoms with E-state index in [1.807, 2.05) is 34.5 Å². The van der Waals surface area contributed by atoms with Gasteiger partial charge in [-0.1, -0.05) is 6.07 Å². The molecule has 0 aliphatic carbocycles. The van der Waals surface area contributed by atoms with Crippen LogP contribution >= 0.6 is 11.3 Å². The summed E-state index contributed by atoms with van der Waals surface area (Å²) in [6, 6.07) is 11.1. The van der Waals surface area contributed by atoms with Gasteiger partial charge in [-0.3, -0.25) is 9.48 Å². The quantitative estimate of drug-likeness (QED) is 0.706. The Bertz CT molecular complexity index is 843. The third-order valence-electron chi connectivity index (χ3n) is 3.69. The van der Waals surface area contributed by atoms with Crippen LogP contribution in [0.3, 0.4) is 0 Å². The molecule has 2 aromatic heterocycles. The van der Waals surface area contributed by atoms with Gasteiger partial charge in [0.1, 0.15) is 5.69 Å². The van der Waals surface area contributed by atoms with Crippen LogP contribution in [-0.4, -0.2) is 36.5 Å². The van der Waals surface area contributed by atoms with E-state index >= 15 is 0 Å². The number of hydrogen-bond acceptors (Lipinski definition) is 5. The zero-order valence-electron chi connectivity index (χ0n) is 14.1. The first-order valence-corrected chi connectivity index (χ1v) is 8.67. The van der Waals surface area contributed by atoms with E-state index in [1.165, 1.54) is 0 Å². The van der Waals surface area contributed by atoms with Crippen LogP contribution in [0, 0.1) is 0 Å². The fourth-order valence-electron chi connectivity index (χ4n) is 2.41. The fourth-order valence-corrected chi connectivity index (χ4v) is 3.10. The van der Waals surface area contributed by atoms with Crippen LogP contribution < -0.4 is 14.8 Å². The summed E-state index contributed by atoms with van der Waals surface area (Å²) in [5.74, 6) is 0.964. The molecule has 0 unspecified atom stereocenters. The zero-order valence-corrected chi connectivity index (χ0v) is 14.9. The van der Waals surface area contributed by atoms with E-state index in [0.29, 0.717) is 30.2 Å². The summed E-state index contributed by atoms with van der Waals surface area (Å²) in [6.07, 6.45) is 1.91. The number of methoxy groups -OCH3 is 2. The van der Waals surface area contributed by atoms with Crippen LogP contribution in [-0.2, 0) is 6.54 Å². The number of benzene rings is 1. The highest BCUT2D eigenvalue weighted by atomic mass is 32.1. The molecule has 1 N–H and O–H groups in total. The van der Waals surface area contributed by atoms with Crippen LogP contribution in [0.5, 0.6) is 11.5 Å². The Labute approximate surface area is 150 Å². The molecule has 1 amide bonds. The first-order valence-electron chi connectivity index (χ1n) is 7.79. The van der Waals surface area contributed by atoms with Crippen molar-refractivity contribution in [1.29, 1.82) is 0 Å². The third-order valence-corrected chi connectivity index (χ3v) is 4.58. The van der Waals surface area contributed by atoms with Crippen molar-refractivity contribution in [1.82, 2.24) is 15.1 Å². The Morgan fingerprint density at radius 1 is 1.20 bits per heavy atom. The Morgan fingerprint density at radius 2 is 2.04 bits per heavy atom. The lowest BCUT2D eigenvalue weighted by Gasteiger charge is -2.10. The molecule has 3 rings (SSSR count). The van der Waals surface area contributed by atoms with Crippen molar-refractivity contribution < 1.29 is 14.3 Å². The molecule has 0 atom stereocenters. The van der Waals surface area contributed by atoms with Gasteiger partial charge in [-0.15, -0.1) is 11.3 Å². The molecule has 1 aromatic carbocycles. The number of rotatable bonds is 7. The lowest BCUT2D eigenvalue weighted by atomic mass is 10.2. The Morgan fingerprint density at radius 3 is 2.76 bits per heavy atom. The van der Waals surface area contributed by atoms with Crippen LogP contribution in [0.2, 0.25) is 0 Å². The first-order chi connectivity index (χ1) is 12.2. The third kappa shape index (κ3) is 4.00. The SMILES string of the molecule is COc1ccc(C(=O)NCCn2ccc(-c3cccs3)n2)cc1OC. The molecule has 0 spiro atoms. The summed E-state index contributed by atoms with van der Waals surface area (Å²) in [4.78, 5) is 13.4. The Balaban J connectivity index is 1.56. The van der Waals surface area contributed by atoms with Crippen LogP contribution in [0.4, 0.5) is 0 Å². The van der Waals surface area contributed by atoms with E-state index in [-0.39, 0.29) is 5.91 Å². The second-order valence-corrected chi connectivity index (χ2v) is 6.21. The number of aromatic nitrogens is 2. The highest BCUT2D eigenvalue weighted by molar-refractivity contribution is 7.13. The molecule has 130 valence electrons. The molecule has 0 aliphatic rings. The van der Waals surface area contributed by atoms with E-state index in [1.54, 1.807) is 43.8 Å². The summed E-state index contributed by atoms with van der Waals surface area (Å²) in [5.41, 5.74) is 1.47. The summed E-state index contributed by atoms with van der Waals surface area (Å²) in [5, 5.41) is 9.42. The van der Waals surface area contributed by atoms with Crippen molar-refractivity contribution in [3.8, 4) is 22.1 Å². The monoisotopic (exact) mass is 357 g/mol. The average molecular weight is 357 g/mol. The number of nitrogens with zero attached hydrogens (tertiary/aromatic N) is 2. The van der Waals surface area contributed by atoms with E-state index in [2.05, 4.69) is 10.4 Å². The minimum Gasteiger partial charge on any atom is -0.493 e. The van der Waals surface area contributed by atoms with Gasteiger partial charge in [0, 0.05) is 18.3 Å². The van der Waals surface area contributed by atoms with Gasteiger partial charge in [0.2, 0.25) is 0 Å². The minimum atomic E-state index is -0.161. The molecule has 3 aromatic rings. The molecule has 0 saturated carbocycles. The van der Waals surface area contributed by atoms with Gasteiger partial charge in [0.25, 0.3) is 5.91 Å². The maximum Gasteiger partial charge on any atom is 0.251 e. The molecule has 6 nitrogen and oxygen atoms in total. The zero-order chi connectivity index (χ0) is 17.6. The van der Waals surface area contributed by atoms with Crippen molar-refractivity contribution in [2.45, 2.75) is 6.54 Å². The lowest BCUT2D eigenvalue weighted by Crippen LogP contribution is -2.27. The molecule has 0 bridgehead atoms. The van der Waals surface area contributed by atoms with E-state index in [0.717, 1.165) is 10.6 Å². The maximum absolute atomic E-state index is 12.3. The van der Waals surface area contributed by atoms with E-state index < -0.39 is 0 Å². The Kier molecular flexibility index (Phi) is 5.35. The van der Waals surface area contributed by atoms with E-state index in [9.17, 15) is 4.79 Å². The number of carbonyl (C=O) groups excluding carboxylic acids is 1. The number of thiophene rings is 1. The second kappa shape index (κ2) is 7.85. The summed E-state index contributed by atoms with van der Waals surface area (Å²) in [7, 11) is 3.11. The summed E-state index contributed by atoms with van der Waals surface area (Å²) < 4.78 is 12.2. The molecule has 0 saturated heterocycles. The van der Waals surface area contributed by atoms with Crippen molar-refractivity contribution in [2.75, 3.05) is 20.8 Å². The normalized spacial score (nSPS) is 10.5. The first kappa shape index (κ1) is 17.0. The highest BCUT2D eigenvalue weighted by Gasteiger charge is 2.10. The second-order valence-electron chi connectivity index (χ2n) is 5.27. The largest absolute Gasteiger partial charge is 0.493 e. The number of amides is 1. The molecular weight excluding hydrogens is 338 g/mol. The molecular formula is C18H19N3O3S. The smallest absolute Gasteiger partial charge is 0.251 e. The van der Waals surface area contributed by atoms with Crippen molar-refractivity contribution in [2.24, 2.45) is 0 Å². The number of carbonyl (C=O) groups is 1. The van der Waals surface area contributed by atoms with Gasteiger partial charge in [-0.25, -0.2) is 0 Å². The molecule has 0 aliphatic heterocycles. The lowest BCUT2D eigenvalue weighted by molar-refractivity contribution is 0.0951. The Hall–Kier alpha value is -2.80. The van der Waals surface area contributed by atoms with Gasteiger partial charge in [0.05, 0.1) is 25.6 Å². The topological polar surface area (TPSA) is 65.4 Å². The van der Waals surface area contributed by atoms with Gasteiger partial charge in [-0.05, 0) is 35.7 Å². The van der Waals surface area contributed by atoms with Gasteiger partial charge < -0.3 is 14.8 Å². The van der Waals surface area contributed by atoms with Gasteiger partial charge in [0.15, 0.2) is 11.5 Å². The van der Waals surface area contributed by atoms with Gasteiger partial charge in [-0.2, -0.15) is 5.10 Å². The predicted molar refractivity (Wildman–Crippen MR) is 97.4 cm³/mol. The summed E-state index contributed by atoms with van der Waals surface area (Å²) >= 11 is 1.65. The van der Waals surface area contributed by atoms with Crippen molar-refractivity contribution >= 4 is 17.2 Å². The van der Waals surface area contributed by atoms with Gasteiger partial charge >= 0.3 is 0 Å².